The molecule has 6 nitrogen and oxygen atoms in total. The van der Waals surface area contributed by atoms with Crippen LogP contribution in [0.2, 0.25) is 0 Å². The first-order chi connectivity index (χ1) is 12.7. The fourth-order valence-corrected chi connectivity index (χ4v) is 3.97. The van der Waals surface area contributed by atoms with Gasteiger partial charge in [-0.15, -0.1) is 0 Å². The summed E-state index contributed by atoms with van der Waals surface area (Å²) in [5.74, 6) is 0.382. The van der Waals surface area contributed by atoms with E-state index in [4.69, 9.17) is 0 Å². The molecule has 2 saturated heterocycles. The van der Waals surface area contributed by atoms with Gasteiger partial charge in [0.15, 0.2) is 13.1 Å². The fourth-order valence-electron chi connectivity index (χ4n) is 3.97. The third-order valence-corrected chi connectivity index (χ3v) is 5.61. The number of hydrogen-bond acceptors (Lipinski definition) is 2. The predicted molar refractivity (Wildman–Crippen MR) is 101 cm³/mol. The van der Waals surface area contributed by atoms with E-state index in [0.29, 0.717) is 19.0 Å². The lowest BCUT2D eigenvalue weighted by molar-refractivity contribution is -1.00. The zero-order chi connectivity index (χ0) is 18.4. The SMILES string of the molecule is CCc1ccccc1NC(=O)C[NH+]1CC[NH+](CC(=O)N2CCCC2)CC1. The molecule has 2 heterocycles. The van der Waals surface area contributed by atoms with Crippen LogP contribution in [-0.4, -0.2) is 69.1 Å². The lowest BCUT2D eigenvalue weighted by Gasteiger charge is -2.30. The Balaban J connectivity index is 1.40. The molecule has 142 valence electrons. The van der Waals surface area contributed by atoms with E-state index in [2.05, 4.69) is 18.3 Å². The Morgan fingerprint density at radius 1 is 1.00 bits per heavy atom. The van der Waals surface area contributed by atoms with Gasteiger partial charge in [0.2, 0.25) is 0 Å². The Labute approximate surface area is 156 Å². The van der Waals surface area contributed by atoms with Crippen LogP contribution < -0.4 is 15.1 Å². The van der Waals surface area contributed by atoms with Crippen molar-refractivity contribution in [2.45, 2.75) is 26.2 Å². The van der Waals surface area contributed by atoms with Crippen molar-refractivity contribution in [2.24, 2.45) is 0 Å². The summed E-state index contributed by atoms with van der Waals surface area (Å²) in [5, 5.41) is 3.06. The van der Waals surface area contributed by atoms with Crippen molar-refractivity contribution >= 4 is 17.5 Å². The van der Waals surface area contributed by atoms with E-state index in [9.17, 15) is 9.59 Å². The number of amides is 2. The highest BCUT2D eigenvalue weighted by atomic mass is 16.2. The number of carbonyl (C=O) groups excluding carboxylic acids is 2. The number of carbonyl (C=O) groups is 2. The van der Waals surface area contributed by atoms with Crippen LogP contribution in [0.15, 0.2) is 24.3 Å². The Morgan fingerprint density at radius 3 is 2.27 bits per heavy atom. The van der Waals surface area contributed by atoms with Crippen molar-refractivity contribution < 1.29 is 19.4 Å². The molecule has 2 amide bonds. The van der Waals surface area contributed by atoms with E-state index >= 15 is 0 Å². The van der Waals surface area contributed by atoms with Crippen molar-refractivity contribution in [2.75, 3.05) is 57.7 Å². The zero-order valence-electron chi connectivity index (χ0n) is 15.9. The van der Waals surface area contributed by atoms with E-state index in [1.165, 1.54) is 15.4 Å². The first kappa shape index (κ1) is 18.9. The summed E-state index contributed by atoms with van der Waals surface area (Å²) in [7, 11) is 0. The van der Waals surface area contributed by atoms with E-state index in [-0.39, 0.29) is 5.91 Å². The molecular formula is C20H32N4O2+2. The molecule has 2 fully saturated rings. The molecule has 0 saturated carbocycles. The Bertz CT molecular complexity index is 620. The maximum absolute atomic E-state index is 12.4. The molecule has 0 bridgehead atoms. The highest BCUT2D eigenvalue weighted by Crippen LogP contribution is 2.14. The van der Waals surface area contributed by atoms with Crippen molar-refractivity contribution in [3.05, 3.63) is 29.8 Å². The zero-order valence-corrected chi connectivity index (χ0v) is 15.9. The van der Waals surface area contributed by atoms with Gasteiger partial charge in [-0.25, -0.2) is 0 Å². The summed E-state index contributed by atoms with van der Waals surface area (Å²) >= 11 is 0. The number of piperazine rings is 1. The summed E-state index contributed by atoms with van der Waals surface area (Å²) in [5.41, 5.74) is 2.10. The minimum absolute atomic E-state index is 0.0810. The second kappa shape index (κ2) is 9.14. The molecule has 3 N–H and O–H groups in total. The normalized spacial score (nSPS) is 23.0. The van der Waals surface area contributed by atoms with Gasteiger partial charge in [0.25, 0.3) is 11.8 Å². The van der Waals surface area contributed by atoms with E-state index in [1.54, 1.807) is 0 Å². The first-order valence-corrected chi connectivity index (χ1v) is 9.98. The van der Waals surface area contributed by atoms with Crippen molar-refractivity contribution in [1.29, 1.82) is 0 Å². The molecule has 2 aliphatic rings. The Morgan fingerprint density at radius 2 is 1.62 bits per heavy atom. The van der Waals surface area contributed by atoms with Gasteiger partial charge in [-0.2, -0.15) is 0 Å². The summed E-state index contributed by atoms with van der Waals surface area (Å²) < 4.78 is 0. The molecule has 26 heavy (non-hydrogen) atoms. The Hall–Kier alpha value is -1.92. The van der Waals surface area contributed by atoms with Gasteiger partial charge in [-0.05, 0) is 30.9 Å². The number of aryl methyl sites for hydroxylation is 1. The predicted octanol–water partition coefficient (Wildman–Crippen LogP) is -1.41. The number of benzene rings is 1. The number of nitrogens with zero attached hydrogens (tertiary/aromatic N) is 1. The summed E-state index contributed by atoms with van der Waals surface area (Å²) in [6.07, 6.45) is 3.21. The number of nitrogens with one attached hydrogen (secondary N) is 3. The van der Waals surface area contributed by atoms with Crippen molar-refractivity contribution in [1.82, 2.24) is 4.90 Å². The summed E-state index contributed by atoms with van der Waals surface area (Å²) in [6.45, 7) is 8.92. The van der Waals surface area contributed by atoms with Crippen LogP contribution in [0.5, 0.6) is 0 Å². The molecule has 0 unspecified atom stereocenters. The standard InChI is InChI=1S/C20H30N4O2/c1-2-17-7-3-4-8-18(17)21-19(25)15-22-11-13-23(14-12-22)16-20(26)24-9-5-6-10-24/h3-4,7-8H,2,5-6,9-16H2,1H3,(H,21,25)/p+2. The third kappa shape index (κ3) is 5.05. The fraction of sp³-hybridized carbons (Fsp3) is 0.600. The summed E-state index contributed by atoms with van der Waals surface area (Å²) in [4.78, 5) is 29.3. The topological polar surface area (TPSA) is 58.3 Å². The lowest BCUT2D eigenvalue weighted by Crippen LogP contribution is -3.28. The minimum Gasteiger partial charge on any atom is -0.338 e. The van der Waals surface area contributed by atoms with Gasteiger partial charge in [0.05, 0.1) is 0 Å². The first-order valence-electron chi connectivity index (χ1n) is 9.98. The molecule has 0 atom stereocenters. The maximum atomic E-state index is 12.4. The monoisotopic (exact) mass is 360 g/mol. The lowest BCUT2D eigenvalue weighted by atomic mass is 10.1. The molecule has 0 radical (unpaired) electrons. The van der Waals surface area contributed by atoms with E-state index in [1.807, 2.05) is 23.1 Å². The molecule has 6 heteroatoms. The molecule has 0 spiro atoms. The number of quaternary nitrogens is 2. The largest absolute Gasteiger partial charge is 0.338 e. The Kier molecular flexibility index (Phi) is 6.63. The van der Waals surface area contributed by atoms with E-state index in [0.717, 1.165) is 64.2 Å². The average Bonchev–Trinajstić information content (AvgIpc) is 3.18. The summed E-state index contributed by atoms with van der Waals surface area (Å²) in [6, 6.07) is 7.99. The number of para-hydroxylation sites is 1. The maximum Gasteiger partial charge on any atom is 0.279 e. The van der Waals surface area contributed by atoms with E-state index < -0.39 is 0 Å². The van der Waals surface area contributed by atoms with Gasteiger partial charge >= 0.3 is 0 Å². The van der Waals surface area contributed by atoms with Gasteiger partial charge in [-0.3, -0.25) is 9.59 Å². The second-order valence-electron chi connectivity index (χ2n) is 7.50. The van der Waals surface area contributed by atoms with Crippen LogP contribution in [0.1, 0.15) is 25.3 Å². The van der Waals surface area contributed by atoms with Gasteiger partial charge in [0, 0.05) is 18.8 Å². The number of anilines is 1. The highest BCUT2D eigenvalue weighted by Gasteiger charge is 2.28. The van der Waals surface area contributed by atoms with Crippen LogP contribution in [0.3, 0.4) is 0 Å². The average molecular weight is 361 g/mol. The van der Waals surface area contributed by atoms with Crippen LogP contribution in [0.25, 0.3) is 0 Å². The molecule has 0 aromatic heterocycles. The molecule has 2 aliphatic heterocycles. The minimum atomic E-state index is 0.0810. The smallest absolute Gasteiger partial charge is 0.279 e. The second-order valence-corrected chi connectivity index (χ2v) is 7.50. The molecular weight excluding hydrogens is 328 g/mol. The van der Waals surface area contributed by atoms with Gasteiger partial charge in [0.1, 0.15) is 26.2 Å². The van der Waals surface area contributed by atoms with Gasteiger partial charge < -0.3 is 20.0 Å². The quantitative estimate of drug-likeness (QED) is 0.584. The van der Waals surface area contributed by atoms with Crippen LogP contribution >= 0.6 is 0 Å². The number of rotatable bonds is 6. The van der Waals surface area contributed by atoms with Crippen molar-refractivity contribution in [3.8, 4) is 0 Å². The molecule has 0 aliphatic carbocycles. The molecule has 3 rings (SSSR count). The van der Waals surface area contributed by atoms with Gasteiger partial charge in [-0.1, -0.05) is 25.1 Å². The van der Waals surface area contributed by atoms with Crippen LogP contribution in [0.4, 0.5) is 5.69 Å². The molecule has 1 aromatic carbocycles. The number of likely N-dealkylation sites (tertiary alicyclic amines) is 1. The third-order valence-electron chi connectivity index (χ3n) is 5.61. The molecule has 1 aromatic rings. The highest BCUT2D eigenvalue weighted by molar-refractivity contribution is 5.92. The number of hydrogen-bond donors (Lipinski definition) is 3. The van der Waals surface area contributed by atoms with Crippen LogP contribution in [0, 0.1) is 0 Å². The van der Waals surface area contributed by atoms with Crippen LogP contribution in [-0.2, 0) is 16.0 Å². The van der Waals surface area contributed by atoms with Crippen molar-refractivity contribution in [3.63, 3.8) is 0 Å².